The van der Waals surface area contributed by atoms with Crippen LogP contribution in [0.4, 0.5) is 0 Å². The van der Waals surface area contributed by atoms with Crippen LogP contribution in [-0.4, -0.2) is 51.4 Å². The lowest BCUT2D eigenvalue weighted by Crippen LogP contribution is -2.55. The molecular formula is C26H31ClO5. The lowest BCUT2D eigenvalue weighted by molar-refractivity contribution is -0.231. The van der Waals surface area contributed by atoms with Gasteiger partial charge in [0.15, 0.2) is 0 Å². The molecule has 172 valence electrons. The van der Waals surface area contributed by atoms with E-state index in [0.29, 0.717) is 28.3 Å². The molecule has 0 bridgehead atoms. The van der Waals surface area contributed by atoms with Gasteiger partial charge in [0.2, 0.25) is 0 Å². The third-order valence-corrected chi connectivity index (χ3v) is 8.16. The minimum absolute atomic E-state index is 0.448. The third-order valence-electron chi connectivity index (χ3n) is 7.80. The van der Waals surface area contributed by atoms with Crippen molar-refractivity contribution in [3.8, 4) is 0 Å². The molecule has 0 aromatic heterocycles. The molecule has 32 heavy (non-hydrogen) atoms. The fraction of sp³-hybridized carbons (Fsp3) is 0.538. The van der Waals surface area contributed by atoms with Gasteiger partial charge in [0.25, 0.3) is 0 Å². The van der Waals surface area contributed by atoms with Crippen molar-refractivity contribution in [3.05, 3.63) is 69.7 Å². The van der Waals surface area contributed by atoms with Gasteiger partial charge in [-0.2, -0.15) is 0 Å². The highest BCUT2D eigenvalue weighted by Crippen LogP contribution is 2.61. The van der Waals surface area contributed by atoms with Crippen molar-refractivity contribution in [2.45, 2.75) is 75.0 Å². The molecule has 1 heterocycles. The fourth-order valence-electron chi connectivity index (χ4n) is 5.53. The molecule has 4 N–H and O–H groups in total. The topological polar surface area (TPSA) is 90.2 Å². The van der Waals surface area contributed by atoms with E-state index in [1.807, 2.05) is 6.07 Å². The van der Waals surface area contributed by atoms with Crippen molar-refractivity contribution in [1.82, 2.24) is 0 Å². The Labute approximate surface area is 193 Å². The van der Waals surface area contributed by atoms with Crippen molar-refractivity contribution >= 4 is 11.6 Å². The van der Waals surface area contributed by atoms with E-state index >= 15 is 0 Å². The first-order valence-electron chi connectivity index (χ1n) is 11.6. The monoisotopic (exact) mass is 458 g/mol. The zero-order valence-corrected chi connectivity index (χ0v) is 18.8. The van der Waals surface area contributed by atoms with Crippen molar-refractivity contribution < 1.29 is 25.2 Å². The lowest BCUT2D eigenvalue weighted by Gasteiger charge is -2.40. The van der Waals surface area contributed by atoms with E-state index in [0.717, 1.165) is 11.1 Å². The number of hydrogen-bond donors (Lipinski definition) is 4. The Balaban J connectivity index is 1.32. The van der Waals surface area contributed by atoms with E-state index in [1.54, 1.807) is 12.1 Å². The first-order valence-corrected chi connectivity index (χ1v) is 11.9. The zero-order chi connectivity index (χ0) is 22.5. The molecule has 6 heteroatoms. The van der Waals surface area contributed by atoms with Crippen LogP contribution in [0.15, 0.2) is 42.5 Å². The number of ether oxygens (including phenoxy) is 1. The summed E-state index contributed by atoms with van der Waals surface area (Å²) in [5.74, 6) is 0.685. The van der Waals surface area contributed by atoms with Gasteiger partial charge in [-0.25, -0.2) is 0 Å². The average Bonchev–Trinajstić information content (AvgIpc) is 3.43. The quantitative estimate of drug-likeness (QED) is 0.550. The SMILES string of the molecule is OCC1OC(c2ccc(Cl)c(Cc3ccc(C4CCC5(CC5)C4)cc3)c2)C(O)C(O)C1O. The zero-order valence-electron chi connectivity index (χ0n) is 18.0. The van der Waals surface area contributed by atoms with Gasteiger partial charge in [-0.15, -0.1) is 0 Å². The number of benzene rings is 2. The molecule has 2 aliphatic carbocycles. The van der Waals surface area contributed by atoms with Gasteiger partial charge in [-0.05, 0) is 78.2 Å². The Kier molecular flexibility index (Phi) is 6.08. The summed E-state index contributed by atoms with van der Waals surface area (Å²) in [5.41, 5.74) is 4.80. The highest BCUT2D eigenvalue weighted by atomic mass is 35.5. The van der Waals surface area contributed by atoms with Crippen LogP contribution in [0.2, 0.25) is 5.02 Å². The molecule has 6 unspecified atom stereocenters. The molecule has 2 saturated carbocycles. The van der Waals surface area contributed by atoms with Gasteiger partial charge in [0.1, 0.15) is 30.5 Å². The minimum Gasteiger partial charge on any atom is -0.394 e. The van der Waals surface area contributed by atoms with Crippen LogP contribution in [0.3, 0.4) is 0 Å². The van der Waals surface area contributed by atoms with E-state index < -0.39 is 37.1 Å². The number of hydrogen-bond acceptors (Lipinski definition) is 5. The number of rotatable bonds is 5. The average molecular weight is 459 g/mol. The molecule has 1 spiro atoms. The van der Waals surface area contributed by atoms with Gasteiger partial charge in [-0.1, -0.05) is 48.0 Å². The van der Waals surface area contributed by atoms with Crippen LogP contribution in [0.1, 0.15) is 66.4 Å². The summed E-state index contributed by atoms with van der Waals surface area (Å²) in [7, 11) is 0. The summed E-state index contributed by atoms with van der Waals surface area (Å²) in [4.78, 5) is 0. The summed E-state index contributed by atoms with van der Waals surface area (Å²) < 4.78 is 5.70. The highest BCUT2D eigenvalue weighted by Gasteiger charge is 2.48. The third kappa shape index (κ3) is 4.23. The Bertz CT molecular complexity index is 955. The molecule has 6 atom stereocenters. The molecule has 0 radical (unpaired) electrons. The molecule has 1 saturated heterocycles. The van der Waals surface area contributed by atoms with Gasteiger partial charge in [0.05, 0.1) is 6.61 Å². The number of aliphatic hydroxyl groups excluding tert-OH is 4. The van der Waals surface area contributed by atoms with Crippen LogP contribution >= 0.6 is 11.6 Å². The Hall–Kier alpha value is -1.47. The maximum Gasteiger partial charge on any atom is 0.113 e. The molecule has 5 rings (SSSR count). The molecule has 2 aromatic rings. The number of halogens is 1. The van der Waals surface area contributed by atoms with Gasteiger partial charge in [-0.3, -0.25) is 0 Å². The van der Waals surface area contributed by atoms with Crippen LogP contribution in [0.5, 0.6) is 0 Å². The smallest absolute Gasteiger partial charge is 0.113 e. The Morgan fingerprint density at radius 3 is 2.28 bits per heavy atom. The normalized spacial score (nSPS) is 33.5. The van der Waals surface area contributed by atoms with Crippen LogP contribution in [0.25, 0.3) is 0 Å². The molecule has 3 fully saturated rings. The van der Waals surface area contributed by atoms with Crippen LogP contribution in [-0.2, 0) is 11.2 Å². The van der Waals surface area contributed by atoms with Gasteiger partial charge in [0, 0.05) is 5.02 Å². The second-order valence-corrected chi connectivity index (χ2v) is 10.4. The highest BCUT2D eigenvalue weighted by molar-refractivity contribution is 6.31. The molecular weight excluding hydrogens is 428 g/mol. The summed E-state index contributed by atoms with van der Waals surface area (Å²) >= 11 is 6.47. The van der Waals surface area contributed by atoms with Crippen molar-refractivity contribution in [2.75, 3.05) is 6.61 Å². The summed E-state index contributed by atoms with van der Waals surface area (Å²) in [6.45, 7) is -0.448. The minimum atomic E-state index is -1.40. The maximum absolute atomic E-state index is 10.5. The maximum atomic E-state index is 10.5. The van der Waals surface area contributed by atoms with Crippen molar-refractivity contribution in [2.24, 2.45) is 5.41 Å². The largest absolute Gasteiger partial charge is 0.394 e. The predicted molar refractivity (Wildman–Crippen MR) is 122 cm³/mol. The summed E-state index contributed by atoms with van der Waals surface area (Å²) in [6.07, 6.45) is 1.59. The lowest BCUT2D eigenvalue weighted by atomic mass is 9.90. The first kappa shape index (κ1) is 22.3. The molecule has 3 aliphatic rings. The van der Waals surface area contributed by atoms with Crippen LogP contribution in [0, 0.1) is 5.41 Å². The Morgan fingerprint density at radius 1 is 0.906 bits per heavy atom. The molecule has 5 nitrogen and oxygen atoms in total. The fourth-order valence-corrected chi connectivity index (χ4v) is 5.72. The second kappa shape index (κ2) is 8.71. The number of aliphatic hydroxyl groups is 4. The summed E-state index contributed by atoms with van der Waals surface area (Å²) in [6, 6.07) is 14.2. The molecule has 0 amide bonds. The van der Waals surface area contributed by atoms with E-state index in [4.69, 9.17) is 16.3 Å². The molecule has 1 aliphatic heterocycles. The van der Waals surface area contributed by atoms with E-state index in [1.165, 1.54) is 37.7 Å². The van der Waals surface area contributed by atoms with E-state index in [-0.39, 0.29) is 0 Å². The summed E-state index contributed by atoms with van der Waals surface area (Å²) in [5, 5.41) is 40.7. The Morgan fingerprint density at radius 2 is 1.62 bits per heavy atom. The van der Waals surface area contributed by atoms with E-state index in [2.05, 4.69) is 24.3 Å². The molecule has 2 aromatic carbocycles. The van der Waals surface area contributed by atoms with Crippen molar-refractivity contribution in [1.29, 1.82) is 0 Å². The predicted octanol–water partition coefficient (Wildman–Crippen LogP) is 3.49. The van der Waals surface area contributed by atoms with Gasteiger partial charge < -0.3 is 25.2 Å². The van der Waals surface area contributed by atoms with E-state index in [9.17, 15) is 20.4 Å². The van der Waals surface area contributed by atoms with Crippen LogP contribution < -0.4 is 0 Å². The van der Waals surface area contributed by atoms with Gasteiger partial charge >= 0.3 is 0 Å². The van der Waals surface area contributed by atoms with Crippen molar-refractivity contribution in [3.63, 3.8) is 0 Å². The standard InChI is InChI=1S/C26H31ClO5/c27-20-6-5-17(25-24(31)23(30)22(29)21(14-28)32-25)12-19(20)11-15-1-3-16(4-2-15)18-7-8-26(13-18)9-10-26/h1-6,12,18,21-25,28-31H,7-11,13-14H2. The second-order valence-electron chi connectivity index (χ2n) is 9.96. The first-order chi connectivity index (χ1) is 15.4.